The van der Waals surface area contributed by atoms with E-state index >= 15 is 0 Å². The van der Waals surface area contributed by atoms with Crippen molar-refractivity contribution in [2.45, 2.75) is 71.5 Å². The monoisotopic (exact) mass is 294 g/mol. The van der Waals surface area contributed by atoms with Crippen LogP contribution in [-0.2, 0) is 4.79 Å². The summed E-state index contributed by atoms with van der Waals surface area (Å²) in [5.74, 6) is 2.66. The minimum Gasteiger partial charge on any atom is -0.299 e. The number of rotatable bonds is 4. The van der Waals surface area contributed by atoms with E-state index in [1.807, 2.05) is 0 Å². The third-order valence-corrected chi connectivity index (χ3v) is 6.43. The van der Waals surface area contributed by atoms with E-state index in [1.54, 1.807) is 5.57 Å². The Morgan fingerprint density at radius 1 is 1.45 bits per heavy atom. The van der Waals surface area contributed by atoms with E-state index in [1.165, 1.54) is 18.6 Å². The zero-order valence-corrected chi connectivity index (χ0v) is 14.6. The van der Waals surface area contributed by atoms with Crippen LogP contribution in [0, 0.1) is 17.3 Å². The van der Waals surface area contributed by atoms with Crippen LogP contribution in [0.2, 0.25) is 0 Å². The summed E-state index contributed by atoms with van der Waals surface area (Å²) in [4.78, 5) is 12.2. The number of allylic oxidation sites excluding steroid dienone is 2. The van der Waals surface area contributed by atoms with Crippen molar-refractivity contribution >= 4 is 17.5 Å². The van der Waals surface area contributed by atoms with E-state index in [9.17, 15) is 4.79 Å². The maximum absolute atomic E-state index is 12.2. The fourth-order valence-corrected chi connectivity index (χ4v) is 5.09. The Kier molecular flexibility index (Phi) is 4.73. The Balaban J connectivity index is 1.97. The Labute approximate surface area is 129 Å². The zero-order valence-electron chi connectivity index (χ0n) is 13.8. The highest BCUT2D eigenvalue weighted by Gasteiger charge is 2.47. The van der Waals surface area contributed by atoms with E-state index in [0.29, 0.717) is 22.4 Å². The predicted octanol–water partition coefficient (Wildman–Crippen LogP) is 5.25. The molecule has 0 spiro atoms. The molecule has 0 aliphatic heterocycles. The minimum atomic E-state index is 0.182. The van der Waals surface area contributed by atoms with E-state index in [0.717, 1.165) is 19.3 Å². The molecule has 0 heterocycles. The van der Waals surface area contributed by atoms with E-state index < -0.39 is 0 Å². The molecule has 2 heteroatoms. The fourth-order valence-electron chi connectivity index (χ4n) is 4.01. The standard InChI is InChI=1S/C18H30OS/c1-13(10-12-20-17(2,3)4)14-8-9-15-16(19)7-6-11-18(14,15)5/h8,13,15H,6-7,9-12H2,1-5H3/t13-,15+,18-/m1/s1. The lowest BCUT2D eigenvalue weighted by atomic mass is 9.63. The van der Waals surface area contributed by atoms with Crippen molar-refractivity contribution in [2.24, 2.45) is 17.3 Å². The van der Waals surface area contributed by atoms with Gasteiger partial charge in [0.2, 0.25) is 0 Å². The lowest BCUT2D eigenvalue weighted by Crippen LogP contribution is -2.36. The third kappa shape index (κ3) is 3.32. The van der Waals surface area contributed by atoms with Gasteiger partial charge in [0, 0.05) is 17.1 Å². The van der Waals surface area contributed by atoms with Crippen LogP contribution in [0.25, 0.3) is 0 Å². The zero-order chi connectivity index (χ0) is 15.0. The van der Waals surface area contributed by atoms with Crippen molar-refractivity contribution in [3.8, 4) is 0 Å². The van der Waals surface area contributed by atoms with Crippen LogP contribution in [0.15, 0.2) is 11.6 Å². The van der Waals surface area contributed by atoms with E-state index in [-0.39, 0.29) is 5.41 Å². The molecule has 0 aromatic heterocycles. The SMILES string of the molecule is C[C@H](CCSC(C)(C)C)C1=CC[C@H]2C(=O)CCC[C@]12C. The van der Waals surface area contributed by atoms with Crippen LogP contribution in [0.4, 0.5) is 0 Å². The molecule has 3 atom stereocenters. The summed E-state index contributed by atoms with van der Waals surface area (Å²) < 4.78 is 0.358. The molecule has 1 saturated carbocycles. The van der Waals surface area contributed by atoms with Crippen LogP contribution >= 0.6 is 11.8 Å². The maximum Gasteiger partial charge on any atom is 0.137 e. The highest BCUT2D eigenvalue weighted by Crippen LogP contribution is 2.53. The molecule has 0 aromatic rings. The van der Waals surface area contributed by atoms with Gasteiger partial charge >= 0.3 is 0 Å². The molecule has 2 rings (SSSR count). The molecular formula is C18H30OS. The lowest BCUT2D eigenvalue weighted by Gasteiger charge is -2.40. The van der Waals surface area contributed by atoms with Crippen LogP contribution in [-0.4, -0.2) is 16.3 Å². The Bertz CT molecular complexity index is 404. The Morgan fingerprint density at radius 2 is 2.15 bits per heavy atom. The summed E-state index contributed by atoms with van der Waals surface area (Å²) in [6.45, 7) is 11.6. The van der Waals surface area contributed by atoms with Crippen molar-refractivity contribution in [3.63, 3.8) is 0 Å². The summed E-state index contributed by atoms with van der Waals surface area (Å²) >= 11 is 2.06. The van der Waals surface area contributed by atoms with Gasteiger partial charge in [-0.25, -0.2) is 0 Å². The molecule has 20 heavy (non-hydrogen) atoms. The Hall–Kier alpha value is -0.240. The van der Waals surface area contributed by atoms with Crippen LogP contribution in [0.5, 0.6) is 0 Å². The van der Waals surface area contributed by atoms with Gasteiger partial charge in [0.05, 0.1) is 0 Å². The molecule has 0 unspecified atom stereocenters. The summed E-state index contributed by atoms with van der Waals surface area (Å²) in [5.41, 5.74) is 1.77. The first-order chi connectivity index (χ1) is 9.24. The molecule has 2 aliphatic carbocycles. The van der Waals surface area contributed by atoms with Gasteiger partial charge in [-0.05, 0) is 42.8 Å². The molecule has 0 saturated heterocycles. The number of hydrogen-bond donors (Lipinski definition) is 0. The van der Waals surface area contributed by atoms with Gasteiger partial charge in [0.1, 0.15) is 5.78 Å². The molecule has 0 aromatic carbocycles. The van der Waals surface area contributed by atoms with Gasteiger partial charge in [0.15, 0.2) is 0 Å². The number of ketones is 1. The van der Waals surface area contributed by atoms with Crippen LogP contribution in [0.3, 0.4) is 0 Å². The lowest BCUT2D eigenvalue weighted by molar-refractivity contribution is -0.128. The smallest absolute Gasteiger partial charge is 0.137 e. The maximum atomic E-state index is 12.2. The fraction of sp³-hybridized carbons (Fsp3) is 0.833. The van der Waals surface area contributed by atoms with Gasteiger partial charge in [-0.15, -0.1) is 0 Å². The summed E-state index contributed by atoms with van der Waals surface area (Å²) in [6, 6.07) is 0. The molecule has 2 aliphatic rings. The van der Waals surface area contributed by atoms with Crippen molar-refractivity contribution in [1.82, 2.24) is 0 Å². The topological polar surface area (TPSA) is 17.1 Å². The molecule has 0 amide bonds. The highest BCUT2D eigenvalue weighted by atomic mass is 32.2. The molecule has 0 N–H and O–H groups in total. The van der Waals surface area contributed by atoms with Crippen molar-refractivity contribution in [3.05, 3.63) is 11.6 Å². The number of thioether (sulfide) groups is 1. The van der Waals surface area contributed by atoms with Gasteiger partial charge < -0.3 is 0 Å². The summed E-state index contributed by atoms with van der Waals surface area (Å²) in [7, 11) is 0. The van der Waals surface area contributed by atoms with E-state index in [4.69, 9.17) is 0 Å². The van der Waals surface area contributed by atoms with Gasteiger partial charge in [-0.1, -0.05) is 46.3 Å². The van der Waals surface area contributed by atoms with Crippen molar-refractivity contribution in [1.29, 1.82) is 0 Å². The molecule has 1 fully saturated rings. The van der Waals surface area contributed by atoms with Crippen molar-refractivity contribution in [2.75, 3.05) is 5.75 Å². The molecular weight excluding hydrogens is 264 g/mol. The van der Waals surface area contributed by atoms with Crippen LogP contribution < -0.4 is 0 Å². The average Bonchev–Trinajstić information content (AvgIpc) is 2.66. The predicted molar refractivity (Wildman–Crippen MR) is 89.1 cm³/mol. The second-order valence-corrected chi connectivity index (χ2v) is 9.76. The van der Waals surface area contributed by atoms with Gasteiger partial charge in [0.25, 0.3) is 0 Å². The highest BCUT2D eigenvalue weighted by molar-refractivity contribution is 8.00. The number of Topliss-reactive ketones (excluding diaryl/α,β-unsaturated/α-hetero) is 1. The minimum absolute atomic E-state index is 0.182. The summed E-state index contributed by atoms with van der Waals surface area (Å²) in [5, 5.41) is 0. The number of fused-ring (bicyclic) bond motifs is 1. The number of hydrogen-bond acceptors (Lipinski definition) is 2. The van der Waals surface area contributed by atoms with Gasteiger partial charge in [-0.3, -0.25) is 4.79 Å². The molecule has 1 nitrogen and oxygen atoms in total. The molecule has 114 valence electrons. The van der Waals surface area contributed by atoms with E-state index in [2.05, 4.69) is 52.5 Å². The van der Waals surface area contributed by atoms with Crippen molar-refractivity contribution < 1.29 is 4.79 Å². The number of carbonyl (C=O) groups excluding carboxylic acids is 1. The molecule has 0 radical (unpaired) electrons. The second kappa shape index (κ2) is 5.87. The summed E-state index contributed by atoms with van der Waals surface area (Å²) in [6.07, 6.45) is 7.76. The van der Waals surface area contributed by atoms with Crippen LogP contribution in [0.1, 0.15) is 66.7 Å². The quantitative estimate of drug-likeness (QED) is 0.659. The third-order valence-electron chi connectivity index (χ3n) is 5.13. The molecule has 0 bridgehead atoms. The van der Waals surface area contributed by atoms with Gasteiger partial charge in [-0.2, -0.15) is 11.8 Å². The first-order valence-electron chi connectivity index (χ1n) is 8.11. The largest absolute Gasteiger partial charge is 0.299 e. The number of carbonyl (C=O) groups is 1. The normalized spacial score (nSPS) is 31.9. The average molecular weight is 295 g/mol. The first kappa shape index (κ1) is 16.1. The first-order valence-corrected chi connectivity index (χ1v) is 9.10. The Morgan fingerprint density at radius 3 is 2.80 bits per heavy atom. The second-order valence-electron chi connectivity index (χ2n) is 7.84.